The standard InChI is InChI=1S/C32H21N5/c1-20-11-21(2)13-24(12-20)23-7-9-28-27-5-3-4-6-30(27)37(31(28)15-23)29-10-8-22(14-25(29)16-33)26-18-35-32(17-34)36-19-26/h3-15,18-19H,1-2H3. The van der Waals surface area contributed by atoms with Gasteiger partial charge in [0.25, 0.3) is 0 Å². The molecule has 0 atom stereocenters. The highest BCUT2D eigenvalue weighted by Crippen LogP contribution is 2.36. The zero-order chi connectivity index (χ0) is 25.5. The number of fused-ring (bicyclic) bond motifs is 3. The van der Waals surface area contributed by atoms with Gasteiger partial charge in [0.05, 0.1) is 22.3 Å². The molecule has 4 aromatic carbocycles. The quantitative estimate of drug-likeness (QED) is 0.270. The summed E-state index contributed by atoms with van der Waals surface area (Å²) in [5, 5.41) is 21.4. The molecule has 6 rings (SSSR count). The van der Waals surface area contributed by atoms with E-state index in [1.807, 2.05) is 36.4 Å². The second-order valence-corrected chi connectivity index (χ2v) is 9.21. The largest absolute Gasteiger partial charge is 0.308 e. The van der Waals surface area contributed by atoms with Crippen molar-refractivity contribution in [1.82, 2.24) is 14.5 Å². The number of rotatable bonds is 3. The molecule has 37 heavy (non-hydrogen) atoms. The van der Waals surface area contributed by atoms with Gasteiger partial charge in [0, 0.05) is 28.7 Å². The van der Waals surface area contributed by atoms with Gasteiger partial charge in [-0.05, 0) is 54.8 Å². The summed E-state index contributed by atoms with van der Waals surface area (Å²) in [7, 11) is 0. The third-order valence-corrected chi connectivity index (χ3v) is 6.67. The summed E-state index contributed by atoms with van der Waals surface area (Å²) in [5.41, 5.74) is 9.77. The molecule has 6 aromatic rings. The Hall–Kier alpha value is -5.26. The number of para-hydroxylation sites is 1. The van der Waals surface area contributed by atoms with Crippen LogP contribution in [-0.2, 0) is 0 Å². The molecule has 0 fully saturated rings. The maximum atomic E-state index is 10.2. The Morgan fingerprint density at radius 3 is 2.03 bits per heavy atom. The summed E-state index contributed by atoms with van der Waals surface area (Å²) in [6, 6.07) is 31.6. The predicted octanol–water partition coefficient (Wildman–Crippen LogP) is 7.27. The van der Waals surface area contributed by atoms with Crippen molar-refractivity contribution in [1.29, 1.82) is 10.5 Å². The second-order valence-electron chi connectivity index (χ2n) is 9.21. The molecule has 0 spiro atoms. The van der Waals surface area contributed by atoms with Crippen LogP contribution in [0.1, 0.15) is 22.5 Å². The Kier molecular flexibility index (Phi) is 5.26. The molecule has 0 saturated heterocycles. The zero-order valence-electron chi connectivity index (χ0n) is 20.4. The van der Waals surface area contributed by atoms with Crippen LogP contribution in [0, 0.1) is 36.5 Å². The van der Waals surface area contributed by atoms with Crippen molar-refractivity contribution in [2.24, 2.45) is 0 Å². The van der Waals surface area contributed by atoms with E-state index in [-0.39, 0.29) is 5.82 Å². The molecular weight excluding hydrogens is 454 g/mol. The third kappa shape index (κ3) is 3.80. The van der Waals surface area contributed by atoms with Gasteiger partial charge in [-0.2, -0.15) is 10.5 Å². The molecule has 0 bridgehead atoms. The predicted molar refractivity (Wildman–Crippen MR) is 146 cm³/mol. The Balaban J connectivity index is 1.59. The molecule has 5 nitrogen and oxygen atoms in total. The van der Waals surface area contributed by atoms with Crippen molar-refractivity contribution >= 4 is 21.8 Å². The van der Waals surface area contributed by atoms with Crippen molar-refractivity contribution in [2.75, 3.05) is 0 Å². The molecule has 0 unspecified atom stereocenters. The van der Waals surface area contributed by atoms with E-state index in [4.69, 9.17) is 5.26 Å². The second kappa shape index (κ2) is 8.75. The molecular formula is C32H21N5. The molecule has 0 aliphatic carbocycles. The molecule has 174 valence electrons. The first kappa shape index (κ1) is 22.2. The SMILES string of the molecule is Cc1cc(C)cc(-c2ccc3c4ccccc4n(-c4ccc(-c5cnc(C#N)nc5)cc4C#N)c3c2)c1. The molecule has 0 amide bonds. The fraction of sp³-hybridized carbons (Fsp3) is 0.0625. The van der Waals surface area contributed by atoms with E-state index >= 15 is 0 Å². The first-order valence-electron chi connectivity index (χ1n) is 11.9. The number of nitrogens with zero attached hydrogens (tertiary/aromatic N) is 5. The summed E-state index contributed by atoms with van der Waals surface area (Å²) in [6.45, 7) is 4.23. The average molecular weight is 476 g/mol. The lowest BCUT2D eigenvalue weighted by molar-refractivity contribution is 1.11. The van der Waals surface area contributed by atoms with Crippen LogP contribution < -0.4 is 0 Å². The van der Waals surface area contributed by atoms with Crippen molar-refractivity contribution < 1.29 is 0 Å². The van der Waals surface area contributed by atoms with E-state index in [2.05, 4.69) is 83.0 Å². The van der Waals surface area contributed by atoms with Gasteiger partial charge in [-0.1, -0.05) is 65.7 Å². The minimum absolute atomic E-state index is 0.116. The summed E-state index contributed by atoms with van der Waals surface area (Å²) < 4.78 is 2.18. The number of benzene rings is 4. The molecule has 5 heteroatoms. The molecule has 2 aromatic heterocycles. The lowest BCUT2D eigenvalue weighted by Gasteiger charge is -2.12. The Bertz CT molecular complexity index is 1890. The van der Waals surface area contributed by atoms with Crippen LogP contribution in [0.3, 0.4) is 0 Å². The van der Waals surface area contributed by atoms with Crippen LogP contribution in [-0.4, -0.2) is 14.5 Å². The average Bonchev–Trinajstić information content (AvgIpc) is 3.25. The Morgan fingerprint density at radius 1 is 0.622 bits per heavy atom. The van der Waals surface area contributed by atoms with Crippen LogP contribution in [0.2, 0.25) is 0 Å². The van der Waals surface area contributed by atoms with E-state index in [0.717, 1.165) is 44.2 Å². The summed E-state index contributed by atoms with van der Waals surface area (Å²) in [4.78, 5) is 8.15. The molecule has 0 aliphatic rings. The molecule has 0 N–H and O–H groups in total. The zero-order valence-corrected chi connectivity index (χ0v) is 20.4. The van der Waals surface area contributed by atoms with Crippen molar-refractivity contribution in [2.45, 2.75) is 13.8 Å². The number of aromatic nitrogens is 3. The van der Waals surface area contributed by atoms with E-state index < -0.39 is 0 Å². The van der Waals surface area contributed by atoms with E-state index in [9.17, 15) is 5.26 Å². The summed E-state index contributed by atoms with van der Waals surface area (Å²) in [6.07, 6.45) is 3.22. The van der Waals surface area contributed by atoms with Gasteiger partial charge >= 0.3 is 0 Å². The van der Waals surface area contributed by atoms with Gasteiger partial charge < -0.3 is 4.57 Å². The first-order valence-corrected chi connectivity index (χ1v) is 11.9. The van der Waals surface area contributed by atoms with Gasteiger partial charge in [0.2, 0.25) is 5.82 Å². The molecule has 2 heterocycles. The minimum atomic E-state index is 0.116. The van der Waals surface area contributed by atoms with Crippen molar-refractivity contribution in [3.05, 3.63) is 114 Å². The van der Waals surface area contributed by atoms with Gasteiger partial charge in [-0.3, -0.25) is 0 Å². The van der Waals surface area contributed by atoms with Gasteiger partial charge in [0.15, 0.2) is 0 Å². The highest BCUT2D eigenvalue weighted by molar-refractivity contribution is 6.10. The van der Waals surface area contributed by atoms with Crippen LogP contribution in [0.25, 0.3) is 49.7 Å². The van der Waals surface area contributed by atoms with Crippen LogP contribution >= 0.6 is 0 Å². The fourth-order valence-electron chi connectivity index (χ4n) is 5.09. The van der Waals surface area contributed by atoms with E-state index in [1.54, 1.807) is 12.4 Å². The van der Waals surface area contributed by atoms with E-state index in [1.165, 1.54) is 16.7 Å². The summed E-state index contributed by atoms with van der Waals surface area (Å²) in [5.74, 6) is 0.116. The topological polar surface area (TPSA) is 78.3 Å². The third-order valence-electron chi connectivity index (χ3n) is 6.67. The van der Waals surface area contributed by atoms with Crippen LogP contribution in [0.4, 0.5) is 0 Å². The summed E-state index contributed by atoms with van der Waals surface area (Å²) >= 11 is 0. The number of aryl methyl sites for hydroxylation is 2. The normalized spacial score (nSPS) is 10.9. The van der Waals surface area contributed by atoms with E-state index in [0.29, 0.717) is 5.56 Å². The number of hydrogen-bond donors (Lipinski definition) is 0. The maximum Gasteiger partial charge on any atom is 0.232 e. The Labute approximate surface area is 214 Å². The fourth-order valence-corrected chi connectivity index (χ4v) is 5.09. The maximum absolute atomic E-state index is 10.2. The lowest BCUT2D eigenvalue weighted by atomic mass is 9.99. The monoisotopic (exact) mass is 475 g/mol. The van der Waals surface area contributed by atoms with Crippen LogP contribution in [0.5, 0.6) is 0 Å². The minimum Gasteiger partial charge on any atom is -0.308 e. The van der Waals surface area contributed by atoms with Gasteiger partial charge in [-0.25, -0.2) is 9.97 Å². The number of nitriles is 2. The molecule has 0 radical (unpaired) electrons. The Morgan fingerprint density at radius 2 is 1.30 bits per heavy atom. The highest BCUT2D eigenvalue weighted by Gasteiger charge is 2.16. The highest BCUT2D eigenvalue weighted by atomic mass is 15.0. The smallest absolute Gasteiger partial charge is 0.232 e. The van der Waals surface area contributed by atoms with Gasteiger partial charge in [-0.15, -0.1) is 0 Å². The number of hydrogen-bond acceptors (Lipinski definition) is 4. The van der Waals surface area contributed by atoms with Crippen LogP contribution in [0.15, 0.2) is 91.3 Å². The van der Waals surface area contributed by atoms with Crippen molar-refractivity contribution in [3.8, 4) is 40.1 Å². The molecule has 0 saturated carbocycles. The first-order chi connectivity index (χ1) is 18.1. The van der Waals surface area contributed by atoms with Gasteiger partial charge in [0.1, 0.15) is 12.1 Å². The molecule has 0 aliphatic heterocycles. The lowest BCUT2D eigenvalue weighted by Crippen LogP contribution is -1.98. The van der Waals surface area contributed by atoms with Crippen molar-refractivity contribution in [3.63, 3.8) is 0 Å².